The van der Waals surface area contributed by atoms with E-state index in [-0.39, 0.29) is 0 Å². The number of nitrogen functional groups attached to an aromatic ring is 1. The Balaban J connectivity index is 1.88. The van der Waals surface area contributed by atoms with E-state index >= 15 is 0 Å². The number of rotatable bonds is 3. The van der Waals surface area contributed by atoms with Crippen LogP contribution in [0.1, 0.15) is 5.56 Å². The van der Waals surface area contributed by atoms with Crippen LogP contribution in [-0.2, 0) is 6.54 Å². The van der Waals surface area contributed by atoms with Crippen molar-refractivity contribution in [3.05, 3.63) is 65.3 Å². The number of halogens is 1. The molecule has 0 fully saturated rings. The van der Waals surface area contributed by atoms with E-state index in [0.29, 0.717) is 12.2 Å². The summed E-state index contributed by atoms with van der Waals surface area (Å²) in [5.41, 5.74) is 9.73. The summed E-state index contributed by atoms with van der Waals surface area (Å²) < 4.78 is 0. The number of nitrogens with one attached hydrogen (secondary N) is 1. The van der Waals surface area contributed by atoms with Gasteiger partial charge in [0.25, 0.3) is 0 Å². The minimum absolute atomic E-state index is 0.635. The van der Waals surface area contributed by atoms with Crippen molar-refractivity contribution in [2.24, 2.45) is 0 Å². The second-order valence-corrected chi connectivity index (χ2v) is 4.95. The normalized spacial score (nSPS) is 10.7. The van der Waals surface area contributed by atoms with E-state index < -0.39 is 0 Å². The van der Waals surface area contributed by atoms with E-state index in [0.717, 1.165) is 27.2 Å². The van der Waals surface area contributed by atoms with E-state index in [9.17, 15) is 0 Å². The standard InChI is InChI=1S/C16H14ClN3/c17-13-6-2-1-4-11(13)10-20-15-8-7-14-12(16(15)18)5-3-9-19-14/h1-9,20H,10,18H2. The van der Waals surface area contributed by atoms with Crippen molar-refractivity contribution in [1.29, 1.82) is 0 Å². The lowest BCUT2D eigenvalue weighted by Gasteiger charge is -2.12. The van der Waals surface area contributed by atoms with Crippen molar-refractivity contribution in [3.63, 3.8) is 0 Å². The van der Waals surface area contributed by atoms with Gasteiger partial charge in [-0.15, -0.1) is 0 Å². The first-order valence-corrected chi connectivity index (χ1v) is 6.74. The largest absolute Gasteiger partial charge is 0.397 e. The molecule has 4 heteroatoms. The molecule has 3 N–H and O–H groups in total. The molecule has 1 aromatic heterocycles. The average molecular weight is 284 g/mol. The Morgan fingerprint density at radius 3 is 2.75 bits per heavy atom. The SMILES string of the molecule is Nc1c(NCc2ccccc2Cl)ccc2ncccc12. The average Bonchev–Trinajstić information content (AvgIpc) is 2.48. The number of nitrogens with two attached hydrogens (primary N) is 1. The van der Waals surface area contributed by atoms with Crippen LogP contribution in [0.4, 0.5) is 11.4 Å². The minimum atomic E-state index is 0.635. The summed E-state index contributed by atoms with van der Waals surface area (Å²) in [4.78, 5) is 4.29. The molecule has 0 aliphatic carbocycles. The molecule has 0 amide bonds. The van der Waals surface area contributed by atoms with Gasteiger partial charge in [-0.25, -0.2) is 0 Å². The van der Waals surface area contributed by atoms with E-state index in [2.05, 4.69) is 10.3 Å². The smallest absolute Gasteiger partial charge is 0.0724 e. The van der Waals surface area contributed by atoms with Crippen molar-refractivity contribution in [1.82, 2.24) is 4.98 Å². The summed E-state index contributed by atoms with van der Waals surface area (Å²) in [6.45, 7) is 0.635. The van der Waals surface area contributed by atoms with Crippen molar-refractivity contribution >= 4 is 33.9 Å². The van der Waals surface area contributed by atoms with Crippen LogP contribution >= 0.6 is 11.6 Å². The van der Waals surface area contributed by atoms with Gasteiger partial charge < -0.3 is 11.1 Å². The van der Waals surface area contributed by atoms with Gasteiger partial charge in [0.1, 0.15) is 0 Å². The zero-order valence-corrected chi connectivity index (χ0v) is 11.6. The first-order valence-electron chi connectivity index (χ1n) is 6.36. The number of nitrogens with zero attached hydrogens (tertiary/aromatic N) is 1. The van der Waals surface area contributed by atoms with Gasteiger partial charge in [0, 0.05) is 23.2 Å². The van der Waals surface area contributed by atoms with E-state index in [1.165, 1.54) is 0 Å². The molecule has 0 saturated carbocycles. The molecule has 1 heterocycles. The van der Waals surface area contributed by atoms with Crippen molar-refractivity contribution in [2.75, 3.05) is 11.1 Å². The van der Waals surface area contributed by atoms with Crippen LogP contribution in [-0.4, -0.2) is 4.98 Å². The van der Waals surface area contributed by atoms with Crippen LogP contribution in [0.2, 0.25) is 5.02 Å². The first-order chi connectivity index (χ1) is 9.75. The number of aromatic nitrogens is 1. The topological polar surface area (TPSA) is 50.9 Å². The van der Waals surface area contributed by atoms with E-state index in [1.807, 2.05) is 48.5 Å². The zero-order valence-electron chi connectivity index (χ0n) is 10.8. The maximum atomic E-state index is 6.19. The van der Waals surface area contributed by atoms with Gasteiger partial charge >= 0.3 is 0 Å². The van der Waals surface area contributed by atoms with Gasteiger partial charge in [0.15, 0.2) is 0 Å². The fourth-order valence-corrected chi connectivity index (χ4v) is 2.36. The maximum Gasteiger partial charge on any atom is 0.0724 e. The lowest BCUT2D eigenvalue weighted by molar-refractivity contribution is 1.15. The second kappa shape index (κ2) is 5.39. The molecule has 3 rings (SSSR count). The predicted octanol–water partition coefficient (Wildman–Crippen LogP) is 4.08. The monoisotopic (exact) mass is 283 g/mol. The highest BCUT2D eigenvalue weighted by Gasteiger charge is 2.05. The molecule has 3 aromatic rings. The Kier molecular flexibility index (Phi) is 3.44. The van der Waals surface area contributed by atoms with Crippen LogP contribution in [0.3, 0.4) is 0 Å². The molecule has 0 aliphatic heterocycles. The highest BCUT2D eigenvalue weighted by Crippen LogP contribution is 2.28. The molecule has 100 valence electrons. The van der Waals surface area contributed by atoms with E-state index in [1.54, 1.807) is 6.20 Å². The van der Waals surface area contributed by atoms with Crippen LogP contribution < -0.4 is 11.1 Å². The summed E-state index contributed by atoms with van der Waals surface area (Å²) in [6.07, 6.45) is 1.76. The third-order valence-electron chi connectivity index (χ3n) is 3.25. The van der Waals surface area contributed by atoms with Gasteiger partial charge in [-0.3, -0.25) is 4.98 Å². The van der Waals surface area contributed by atoms with Crippen LogP contribution in [0.5, 0.6) is 0 Å². The molecule has 0 spiro atoms. The fourth-order valence-electron chi connectivity index (χ4n) is 2.16. The number of anilines is 2. The first kappa shape index (κ1) is 12.8. The van der Waals surface area contributed by atoms with Gasteiger partial charge in [-0.1, -0.05) is 29.8 Å². The highest BCUT2D eigenvalue weighted by molar-refractivity contribution is 6.31. The molecule has 2 aromatic carbocycles. The number of hydrogen-bond donors (Lipinski definition) is 2. The molecule has 3 nitrogen and oxygen atoms in total. The minimum Gasteiger partial charge on any atom is -0.397 e. The second-order valence-electron chi connectivity index (χ2n) is 4.54. The van der Waals surface area contributed by atoms with E-state index in [4.69, 9.17) is 17.3 Å². The van der Waals surface area contributed by atoms with Crippen LogP contribution in [0.15, 0.2) is 54.7 Å². The summed E-state index contributed by atoms with van der Waals surface area (Å²) in [6, 6.07) is 15.5. The number of benzene rings is 2. The molecule has 0 bridgehead atoms. The van der Waals surface area contributed by atoms with Crippen LogP contribution in [0.25, 0.3) is 10.9 Å². The number of fused-ring (bicyclic) bond motifs is 1. The lowest BCUT2D eigenvalue weighted by Crippen LogP contribution is -2.03. The molecule has 20 heavy (non-hydrogen) atoms. The predicted molar refractivity (Wildman–Crippen MR) is 84.9 cm³/mol. The van der Waals surface area contributed by atoms with Gasteiger partial charge in [0.05, 0.1) is 16.9 Å². The Morgan fingerprint density at radius 1 is 1.05 bits per heavy atom. The maximum absolute atomic E-state index is 6.19. The highest BCUT2D eigenvalue weighted by atomic mass is 35.5. The summed E-state index contributed by atoms with van der Waals surface area (Å²) in [5, 5.41) is 5.03. The number of pyridine rings is 1. The number of hydrogen-bond acceptors (Lipinski definition) is 3. The third kappa shape index (κ3) is 2.40. The lowest BCUT2D eigenvalue weighted by atomic mass is 10.1. The Bertz CT molecular complexity index is 756. The summed E-state index contributed by atoms with van der Waals surface area (Å²) >= 11 is 6.14. The molecule has 0 saturated heterocycles. The van der Waals surface area contributed by atoms with Crippen LogP contribution in [0, 0.1) is 0 Å². The Hall–Kier alpha value is -2.26. The molecule has 0 aliphatic rings. The van der Waals surface area contributed by atoms with Crippen molar-refractivity contribution < 1.29 is 0 Å². The van der Waals surface area contributed by atoms with Gasteiger partial charge in [-0.2, -0.15) is 0 Å². The Morgan fingerprint density at radius 2 is 1.90 bits per heavy atom. The molecule has 0 unspecified atom stereocenters. The van der Waals surface area contributed by atoms with Crippen molar-refractivity contribution in [2.45, 2.75) is 6.54 Å². The van der Waals surface area contributed by atoms with Gasteiger partial charge in [0.2, 0.25) is 0 Å². The van der Waals surface area contributed by atoms with Crippen molar-refractivity contribution in [3.8, 4) is 0 Å². The molecule has 0 atom stereocenters. The Labute approximate surface area is 122 Å². The fraction of sp³-hybridized carbons (Fsp3) is 0.0625. The summed E-state index contributed by atoms with van der Waals surface area (Å²) in [7, 11) is 0. The quantitative estimate of drug-likeness (QED) is 0.712. The zero-order chi connectivity index (χ0) is 13.9. The molecular weight excluding hydrogens is 270 g/mol. The molecule has 0 radical (unpaired) electrons. The molecular formula is C16H14ClN3. The summed E-state index contributed by atoms with van der Waals surface area (Å²) in [5.74, 6) is 0. The van der Waals surface area contributed by atoms with Gasteiger partial charge in [-0.05, 0) is 35.9 Å². The third-order valence-corrected chi connectivity index (χ3v) is 3.62.